The molecule has 0 amide bonds. The smallest absolute Gasteiger partial charge is 0.354 e. The molecule has 1 aromatic heterocycles. The first-order valence-corrected chi connectivity index (χ1v) is 3.90. The van der Waals surface area contributed by atoms with Gasteiger partial charge in [-0.2, -0.15) is 0 Å². The lowest BCUT2D eigenvalue weighted by atomic mass is 10.4. The lowest BCUT2D eigenvalue weighted by molar-refractivity contribution is -0.383. The summed E-state index contributed by atoms with van der Waals surface area (Å²) < 4.78 is 0. The van der Waals surface area contributed by atoms with E-state index in [9.17, 15) is 10.1 Å². The Labute approximate surface area is 79.7 Å². The van der Waals surface area contributed by atoms with E-state index in [1.807, 2.05) is 0 Å². The van der Waals surface area contributed by atoms with Crippen LogP contribution in [0.1, 0.15) is 6.92 Å². The molecule has 0 aliphatic carbocycles. The number of hydrazine groups is 1. The fraction of sp³-hybridized carbons (Fsp3) is 0.333. The summed E-state index contributed by atoms with van der Waals surface area (Å²) in [6.45, 7) is 2.34. The van der Waals surface area contributed by atoms with Crippen molar-refractivity contribution < 1.29 is 4.92 Å². The number of hydrogen-bond acceptors (Lipinski definition) is 7. The molecule has 0 fully saturated rings. The quantitative estimate of drug-likeness (QED) is 0.356. The highest BCUT2D eigenvalue weighted by Crippen LogP contribution is 2.27. The summed E-state index contributed by atoms with van der Waals surface area (Å²) in [5.74, 6) is 5.22. The average molecular weight is 198 g/mol. The molecule has 1 aromatic rings. The third-order valence-electron chi connectivity index (χ3n) is 1.49. The van der Waals surface area contributed by atoms with Crippen LogP contribution in [0.15, 0.2) is 6.33 Å². The van der Waals surface area contributed by atoms with Crippen LogP contribution in [0.3, 0.4) is 0 Å². The Morgan fingerprint density at radius 3 is 2.71 bits per heavy atom. The molecule has 8 heteroatoms. The summed E-state index contributed by atoms with van der Waals surface area (Å²) in [5.41, 5.74) is 1.89. The van der Waals surface area contributed by atoms with Crippen LogP contribution in [0.5, 0.6) is 0 Å². The van der Waals surface area contributed by atoms with Gasteiger partial charge in [-0.05, 0) is 6.92 Å². The lowest BCUT2D eigenvalue weighted by Gasteiger charge is -2.05. The van der Waals surface area contributed by atoms with Crippen molar-refractivity contribution in [3.8, 4) is 0 Å². The SMILES string of the molecule is CCNc1ncnc(NN)c1[N+](=O)[O-]. The normalized spacial score (nSPS) is 9.57. The predicted octanol–water partition coefficient (Wildman–Crippen LogP) is 0.102. The minimum absolute atomic E-state index is 0.0130. The second kappa shape index (κ2) is 4.33. The van der Waals surface area contributed by atoms with Gasteiger partial charge in [0.2, 0.25) is 11.6 Å². The summed E-state index contributed by atoms with van der Waals surface area (Å²) in [7, 11) is 0. The highest BCUT2D eigenvalue weighted by atomic mass is 16.6. The third-order valence-corrected chi connectivity index (χ3v) is 1.49. The number of nitrogens with zero attached hydrogens (tertiary/aromatic N) is 3. The van der Waals surface area contributed by atoms with E-state index in [0.717, 1.165) is 0 Å². The molecule has 4 N–H and O–H groups in total. The van der Waals surface area contributed by atoms with Crippen LogP contribution in [0, 0.1) is 10.1 Å². The molecule has 0 saturated heterocycles. The van der Waals surface area contributed by atoms with E-state index >= 15 is 0 Å². The molecule has 0 saturated carbocycles. The van der Waals surface area contributed by atoms with Gasteiger partial charge in [-0.1, -0.05) is 0 Å². The number of aromatic nitrogens is 2. The first-order valence-electron chi connectivity index (χ1n) is 3.90. The molecule has 0 aliphatic rings. The lowest BCUT2D eigenvalue weighted by Crippen LogP contribution is -2.13. The molecular formula is C6H10N6O2. The maximum absolute atomic E-state index is 10.7. The molecule has 1 rings (SSSR count). The molecule has 0 aromatic carbocycles. The van der Waals surface area contributed by atoms with Crippen molar-refractivity contribution in [3.05, 3.63) is 16.4 Å². The summed E-state index contributed by atoms with van der Waals surface area (Å²) in [5, 5.41) is 13.4. The minimum atomic E-state index is -0.590. The molecular weight excluding hydrogens is 188 g/mol. The number of anilines is 2. The van der Waals surface area contributed by atoms with Crippen molar-refractivity contribution in [2.24, 2.45) is 5.84 Å². The molecule has 0 aliphatic heterocycles. The van der Waals surface area contributed by atoms with E-state index in [-0.39, 0.29) is 17.3 Å². The first kappa shape index (κ1) is 10.1. The molecule has 14 heavy (non-hydrogen) atoms. The van der Waals surface area contributed by atoms with Gasteiger partial charge in [-0.3, -0.25) is 10.1 Å². The van der Waals surface area contributed by atoms with Crippen LogP contribution in [0.2, 0.25) is 0 Å². The number of rotatable bonds is 4. The molecule has 0 unspecified atom stereocenters. The number of nitrogens with one attached hydrogen (secondary N) is 2. The zero-order valence-electron chi connectivity index (χ0n) is 7.52. The number of nitrogen functional groups attached to an aromatic ring is 1. The Kier molecular flexibility index (Phi) is 3.13. The van der Waals surface area contributed by atoms with Gasteiger partial charge in [0.1, 0.15) is 6.33 Å². The Bertz CT molecular complexity index is 341. The molecule has 0 radical (unpaired) electrons. The van der Waals surface area contributed by atoms with Gasteiger partial charge in [-0.25, -0.2) is 15.8 Å². The highest BCUT2D eigenvalue weighted by molar-refractivity contribution is 5.68. The first-order chi connectivity index (χ1) is 6.70. The Balaban J connectivity index is 3.20. The fourth-order valence-electron chi connectivity index (χ4n) is 0.954. The zero-order chi connectivity index (χ0) is 10.6. The van der Waals surface area contributed by atoms with E-state index in [0.29, 0.717) is 6.54 Å². The van der Waals surface area contributed by atoms with Crippen LogP contribution in [0.4, 0.5) is 17.3 Å². The maximum atomic E-state index is 10.7. The fourth-order valence-corrected chi connectivity index (χ4v) is 0.954. The molecule has 0 atom stereocenters. The van der Waals surface area contributed by atoms with Gasteiger partial charge in [0.15, 0.2) is 0 Å². The molecule has 0 bridgehead atoms. The van der Waals surface area contributed by atoms with Crippen molar-refractivity contribution in [2.75, 3.05) is 17.3 Å². The van der Waals surface area contributed by atoms with Gasteiger partial charge in [0.05, 0.1) is 4.92 Å². The van der Waals surface area contributed by atoms with Crippen molar-refractivity contribution in [1.82, 2.24) is 9.97 Å². The summed E-state index contributed by atoms with van der Waals surface area (Å²) in [6, 6.07) is 0. The summed E-state index contributed by atoms with van der Waals surface area (Å²) in [6.07, 6.45) is 1.19. The predicted molar refractivity (Wildman–Crippen MR) is 50.7 cm³/mol. The monoisotopic (exact) mass is 198 g/mol. The van der Waals surface area contributed by atoms with E-state index in [1.165, 1.54) is 6.33 Å². The number of nitro groups is 1. The van der Waals surface area contributed by atoms with Crippen molar-refractivity contribution >= 4 is 17.3 Å². The molecule has 1 heterocycles. The average Bonchev–Trinajstić information content (AvgIpc) is 2.17. The number of nitrogens with two attached hydrogens (primary N) is 1. The Morgan fingerprint density at radius 1 is 1.57 bits per heavy atom. The second-order valence-corrected chi connectivity index (χ2v) is 2.35. The zero-order valence-corrected chi connectivity index (χ0v) is 7.52. The van der Waals surface area contributed by atoms with Crippen LogP contribution >= 0.6 is 0 Å². The Morgan fingerprint density at radius 2 is 2.21 bits per heavy atom. The largest absolute Gasteiger partial charge is 0.364 e. The molecule has 76 valence electrons. The molecule has 8 nitrogen and oxygen atoms in total. The Hall–Kier alpha value is -1.96. The van der Waals surface area contributed by atoms with Gasteiger partial charge < -0.3 is 10.7 Å². The van der Waals surface area contributed by atoms with E-state index in [4.69, 9.17) is 5.84 Å². The van der Waals surface area contributed by atoms with Crippen LogP contribution in [-0.2, 0) is 0 Å². The van der Waals surface area contributed by atoms with Crippen LogP contribution in [-0.4, -0.2) is 21.4 Å². The summed E-state index contributed by atoms with van der Waals surface area (Å²) in [4.78, 5) is 17.4. The van der Waals surface area contributed by atoms with Gasteiger partial charge >= 0.3 is 5.69 Å². The third kappa shape index (κ3) is 1.85. The van der Waals surface area contributed by atoms with Crippen molar-refractivity contribution in [3.63, 3.8) is 0 Å². The van der Waals surface area contributed by atoms with E-state index in [1.54, 1.807) is 6.92 Å². The topological polar surface area (TPSA) is 119 Å². The van der Waals surface area contributed by atoms with E-state index < -0.39 is 4.92 Å². The highest BCUT2D eigenvalue weighted by Gasteiger charge is 2.21. The van der Waals surface area contributed by atoms with Gasteiger partial charge in [-0.15, -0.1) is 0 Å². The van der Waals surface area contributed by atoms with Crippen molar-refractivity contribution in [2.45, 2.75) is 6.92 Å². The van der Waals surface area contributed by atoms with Crippen LogP contribution in [0.25, 0.3) is 0 Å². The standard InChI is InChI=1S/C6H10N6O2/c1-2-8-5-4(12(13)14)6(11-7)10-3-9-5/h3H,2,7H2,1H3,(H2,8,9,10,11). The summed E-state index contributed by atoms with van der Waals surface area (Å²) >= 11 is 0. The van der Waals surface area contributed by atoms with Gasteiger partial charge in [0.25, 0.3) is 0 Å². The van der Waals surface area contributed by atoms with E-state index in [2.05, 4.69) is 20.7 Å². The molecule has 0 spiro atoms. The van der Waals surface area contributed by atoms with Crippen molar-refractivity contribution in [1.29, 1.82) is 0 Å². The number of hydrogen-bond donors (Lipinski definition) is 3. The second-order valence-electron chi connectivity index (χ2n) is 2.35. The maximum Gasteiger partial charge on any atom is 0.354 e. The van der Waals surface area contributed by atoms with Gasteiger partial charge in [0, 0.05) is 6.54 Å². The van der Waals surface area contributed by atoms with Crippen LogP contribution < -0.4 is 16.6 Å². The minimum Gasteiger partial charge on any atom is -0.364 e.